The SMILES string of the molecule is O=C(O)C(NCC1CCCO1)c1ccccc1F. The Balaban J connectivity index is 2.04. The number of rotatable bonds is 5. The molecule has 0 spiro atoms. The fraction of sp³-hybridized carbons (Fsp3) is 0.462. The van der Waals surface area contributed by atoms with Crippen LogP contribution in [-0.2, 0) is 9.53 Å². The molecule has 4 nitrogen and oxygen atoms in total. The van der Waals surface area contributed by atoms with Crippen LogP contribution < -0.4 is 5.32 Å². The normalized spacial score (nSPS) is 20.8. The third-order valence-corrected chi connectivity index (χ3v) is 3.04. The number of carbonyl (C=O) groups is 1. The molecule has 5 heteroatoms. The maximum absolute atomic E-state index is 13.6. The molecule has 1 saturated heterocycles. The molecule has 2 unspecified atom stereocenters. The number of ether oxygens (including phenoxy) is 1. The van der Waals surface area contributed by atoms with E-state index in [0.29, 0.717) is 13.2 Å². The average molecular weight is 253 g/mol. The minimum absolute atomic E-state index is 0.0265. The number of nitrogens with one attached hydrogen (secondary N) is 1. The highest BCUT2D eigenvalue weighted by molar-refractivity contribution is 5.75. The second-order valence-electron chi connectivity index (χ2n) is 4.34. The second kappa shape index (κ2) is 5.93. The van der Waals surface area contributed by atoms with Crippen molar-refractivity contribution in [3.8, 4) is 0 Å². The van der Waals surface area contributed by atoms with Crippen molar-refractivity contribution in [3.05, 3.63) is 35.6 Å². The molecule has 1 fully saturated rings. The highest BCUT2D eigenvalue weighted by atomic mass is 19.1. The zero-order valence-corrected chi connectivity index (χ0v) is 9.93. The molecular weight excluding hydrogens is 237 g/mol. The van der Waals surface area contributed by atoms with Crippen LogP contribution in [0.1, 0.15) is 24.4 Å². The minimum Gasteiger partial charge on any atom is -0.480 e. The molecule has 0 aliphatic carbocycles. The molecule has 1 aliphatic heterocycles. The Hall–Kier alpha value is -1.46. The molecule has 18 heavy (non-hydrogen) atoms. The van der Waals surface area contributed by atoms with Crippen LogP contribution in [0.25, 0.3) is 0 Å². The first-order valence-corrected chi connectivity index (χ1v) is 6.00. The zero-order chi connectivity index (χ0) is 13.0. The van der Waals surface area contributed by atoms with Crippen molar-refractivity contribution < 1.29 is 19.0 Å². The topological polar surface area (TPSA) is 58.6 Å². The van der Waals surface area contributed by atoms with Crippen LogP contribution in [0, 0.1) is 5.82 Å². The summed E-state index contributed by atoms with van der Waals surface area (Å²) < 4.78 is 19.0. The number of benzene rings is 1. The summed E-state index contributed by atoms with van der Waals surface area (Å²) in [6.07, 6.45) is 1.93. The molecule has 0 bridgehead atoms. The van der Waals surface area contributed by atoms with Crippen molar-refractivity contribution in [3.63, 3.8) is 0 Å². The van der Waals surface area contributed by atoms with E-state index in [9.17, 15) is 9.18 Å². The number of carboxylic acid groups (broad SMARTS) is 1. The number of hydrogen-bond acceptors (Lipinski definition) is 3. The van der Waals surface area contributed by atoms with Gasteiger partial charge < -0.3 is 9.84 Å². The third kappa shape index (κ3) is 3.05. The lowest BCUT2D eigenvalue weighted by Gasteiger charge is -2.18. The highest BCUT2D eigenvalue weighted by Gasteiger charge is 2.24. The Morgan fingerprint density at radius 3 is 2.94 bits per heavy atom. The largest absolute Gasteiger partial charge is 0.480 e. The standard InChI is InChI=1S/C13H16FNO3/c14-11-6-2-1-5-10(11)12(13(16)17)15-8-9-4-3-7-18-9/h1-2,5-6,9,12,15H,3-4,7-8H2,(H,16,17). The summed E-state index contributed by atoms with van der Waals surface area (Å²) in [4.78, 5) is 11.2. The van der Waals surface area contributed by atoms with Gasteiger partial charge in [-0.25, -0.2) is 4.39 Å². The van der Waals surface area contributed by atoms with Gasteiger partial charge in [0.1, 0.15) is 11.9 Å². The predicted molar refractivity (Wildman–Crippen MR) is 63.8 cm³/mol. The van der Waals surface area contributed by atoms with Gasteiger partial charge in [0.15, 0.2) is 0 Å². The molecule has 2 N–H and O–H groups in total. The molecule has 0 amide bonds. The quantitative estimate of drug-likeness (QED) is 0.839. The summed E-state index contributed by atoms with van der Waals surface area (Å²) in [6, 6.07) is 4.88. The number of aliphatic carboxylic acids is 1. The van der Waals surface area contributed by atoms with Crippen LogP contribution >= 0.6 is 0 Å². The Morgan fingerprint density at radius 2 is 2.33 bits per heavy atom. The number of hydrogen-bond donors (Lipinski definition) is 2. The summed E-state index contributed by atoms with van der Waals surface area (Å²) in [5.74, 6) is -1.59. The first kappa shape index (κ1) is 13.0. The Labute approximate surface area is 105 Å². The van der Waals surface area contributed by atoms with Crippen LogP contribution in [0.2, 0.25) is 0 Å². The molecule has 0 radical (unpaired) electrons. The van der Waals surface area contributed by atoms with Crippen LogP contribution in [-0.4, -0.2) is 30.3 Å². The van der Waals surface area contributed by atoms with Gasteiger partial charge in [0.2, 0.25) is 0 Å². The highest BCUT2D eigenvalue weighted by Crippen LogP contribution is 2.18. The van der Waals surface area contributed by atoms with E-state index in [2.05, 4.69) is 5.32 Å². The van der Waals surface area contributed by atoms with Gasteiger partial charge in [-0.3, -0.25) is 10.1 Å². The molecule has 0 aromatic heterocycles. The average Bonchev–Trinajstić information content (AvgIpc) is 2.84. The van der Waals surface area contributed by atoms with E-state index in [0.717, 1.165) is 12.8 Å². The lowest BCUT2D eigenvalue weighted by atomic mass is 10.1. The fourth-order valence-corrected chi connectivity index (χ4v) is 2.09. The Morgan fingerprint density at radius 1 is 1.56 bits per heavy atom. The molecule has 1 aromatic rings. The molecule has 1 aromatic carbocycles. The smallest absolute Gasteiger partial charge is 0.325 e. The second-order valence-corrected chi connectivity index (χ2v) is 4.34. The Bertz CT molecular complexity index is 418. The van der Waals surface area contributed by atoms with Gasteiger partial charge in [-0.1, -0.05) is 18.2 Å². The first-order chi connectivity index (χ1) is 8.68. The van der Waals surface area contributed by atoms with Crippen molar-refractivity contribution in [2.75, 3.05) is 13.2 Å². The molecule has 98 valence electrons. The van der Waals surface area contributed by atoms with Crippen molar-refractivity contribution in [2.24, 2.45) is 0 Å². The molecule has 2 atom stereocenters. The molecule has 1 heterocycles. The van der Waals surface area contributed by atoms with E-state index in [1.165, 1.54) is 18.2 Å². The van der Waals surface area contributed by atoms with E-state index in [1.54, 1.807) is 6.07 Å². The third-order valence-electron chi connectivity index (χ3n) is 3.04. The van der Waals surface area contributed by atoms with Crippen molar-refractivity contribution in [1.82, 2.24) is 5.32 Å². The summed E-state index contributed by atoms with van der Waals surface area (Å²) in [7, 11) is 0. The Kier molecular flexibility index (Phi) is 4.28. The van der Waals surface area contributed by atoms with E-state index in [-0.39, 0.29) is 11.7 Å². The van der Waals surface area contributed by atoms with Gasteiger partial charge in [-0.05, 0) is 18.9 Å². The number of halogens is 1. The summed E-state index contributed by atoms with van der Waals surface area (Å²) in [6.45, 7) is 1.13. The van der Waals surface area contributed by atoms with Gasteiger partial charge in [0.05, 0.1) is 6.10 Å². The van der Waals surface area contributed by atoms with Gasteiger partial charge in [0.25, 0.3) is 0 Å². The molecular formula is C13H16FNO3. The summed E-state index contributed by atoms with van der Waals surface area (Å²) in [5.41, 5.74) is 0.156. The zero-order valence-electron chi connectivity index (χ0n) is 9.93. The maximum atomic E-state index is 13.6. The van der Waals surface area contributed by atoms with Gasteiger partial charge in [0, 0.05) is 18.7 Å². The van der Waals surface area contributed by atoms with Crippen molar-refractivity contribution in [1.29, 1.82) is 0 Å². The fourth-order valence-electron chi connectivity index (χ4n) is 2.09. The van der Waals surface area contributed by atoms with E-state index in [4.69, 9.17) is 9.84 Å². The monoisotopic (exact) mass is 253 g/mol. The number of carboxylic acids is 1. The van der Waals surface area contributed by atoms with Gasteiger partial charge in [-0.15, -0.1) is 0 Å². The molecule has 0 saturated carbocycles. The molecule has 1 aliphatic rings. The van der Waals surface area contributed by atoms with Crippen LogP contribution in [0.5, 0.6) is 0 Å². The minimum atomic E-state index is -1.09. The summed E-state index contributed by atoms with van der Waals surface area (Å²) >= 11 is 0. The lowest BCUT2D eigenvalue weighted by molar-refractivity contribution is -0.139. The van der Waals surface area contributed by atoms with Crippen molar-refractivity contribution >= 4 is 5.97 Å². The van der Waals surface area contributed by atoms with Crippen molar-refractivity contribution in [2.45, 2.75) is 25.0 Å². The lowest BCUT2D eigenvalue weighted by Crippen LogP contribution is -2.34. The maximum Gasteiger partial charge on any atom is 0.325 e. The van der Waals surface area contributed by atoms with Crippen LogP contribution in [0.3, 0.4) is 0 Å². The predicted octanol–water partition coefficient (Wildman–Crippen LogP) is 1.72. The van der Waals surface area contributed by atoms with E-state index < -0.39 is 17.8 Å². The van der Waals surface area contributed by atoms with Crippen LogP contribution in [0.4, 0.5) is 4.39 Å². The van der Waals surface area contributed by atoms with Gasteiger partial charge in [-0.2, -0.15) is 0 Å². The van der Waals surface area contributed by atoms with Gasteiger partial charge >= 0.3 is 5.97 Å². The first-order valence-electron chi connectivity index (χ1n) is 6.00. The van der Waals surface area contributed by atoms with Crippen LogP contribution in [0.15, 0.2) is 24.3 Å². The van der Waals surface area contributed by atoms with E-state index >= 15 is 0 Å². The molecule has 2 rings (SSSR count). The summed E-state index contributed by atoms with van der Waals surface area (Å²) in [5, 5.41) is 12.0. The van der Waals surface area contributed by atoms with E-state index in [1.807, 2.05) is 0 Å².